The first-order chi connectivity index (χ1) is 8.48. The number of nitrogens with zero attached hydrogens (tertiary/aromatic N) is 4. The van der Waals surface area contributed by atoms with Crippen molar-refractivity contribution in [3.63, 3.8) is 0 Å². The summed E-state index contributed by atoms with van der Waals surface area (Å²) < 4.78 is 1.73. The van der Waals surface area contributed by atoms with Crippen molar-refractivity contribution in [2.24, 2.45) is 5.41 Å². The Bertz CT molecular complexity index is 591. The molecule has 1 N–H and O–H groups in total. The van der Waals surface area contributed by atoms with E-state index in [-0.39, 0.29) is 10.8 Å². The molecular weight excluding hydrogens is 250 g/mol. The van der Waals surface area contributed by atoms with Gasteiger partial charge in [-0.3, -0.25) is 0 Å². The van der Waals surface area contributed by atoms with Crippen LogP contribution in [0.15, 0.2) is 12.4 Å². The fourth-order valence-electron chi connectivity index (χ4n) is 2.33. The summed E-state index contributed by atoms with van der Waals surface area (Å²) in [5, 5.41) is 7.92. The maximum Gasteiger partial charge on any atom is 0.254 e. The standard InChI is InChI=1S/C12H16ClN5/c1-7-4-10(18-11(16-7)14-6-15-18)17-9-5-8(13)12(9,2)3/h4,6,8-9,17H,5H2,1-3H3. The van der Waals surface area contributed by atoms with Crippen molar-refractivity contribution in [2.75, 3.05) is 5.32 Å². The van der Waals surface area contributed by atoms with Crippen LogP contribution in [-0.2, 0) is 0 Å². The Kier molecular flexibility index (Phi) is 2.48. The van der Waals surface area contributed by atoms with Crippen LogP contribution in [0.4, 0.5) is 5.82 Å². The van der Waals surface area contributed by atoms with E-state index < -0.39 is 0 Å². The summed E-state index contributed by atoms with van der Waals surface area (Å²) in [4.78, 5) is 8.44. The topological polar surface area (TPSA) is 55.1 Å². The van der Waals surface area contributed by atoms with Gasteiger partial charge in [-0.1, -0.05) is 13.8 Å². The van der Waals surface area contributed by atoms with Crippen LogP contribution in [0, 0.1) is 12.3 Å². The van der Waals surface area contributed by atoms with Gasteiger partial charge in [0.15, 0.2) is 0 Å². The molecule has 1 aliphatic carbocycles. The molecule has 2 unspecified atom stereocenters. The van der Waals surface area contributed by atoms with E-state index in [0.29, 0.717) is 11.8 Å². The van der Waals surface area contributed by atoms with Crippen molar-refractivity contribution < 1.29 is 0 Å². The molecule has 0 spiro atoms. The Morgan fingerprint density at radius 3 is 2.94 bits per heavy atom. The minimum Gasteiger partial charge on any atom is -0.366 e. The van der Waals surface area contributed by atoms with E-state index >= 15 is 0 Å². The van der Waals surface area contributed by atoms with Gasteiger partial charge in [-0.15, -0.1) is 11.6 Å². The van der Waals surface area contributed by atoms with Gasteiger partial charge in [0.25, 0.3) is 5.78 Å². The quantitative estimate of drug-likeness (QED) is 0.847. The number of aryl methyl sites for hydroxylation is 1. The van der Waals surface area contributed by atoms with E-state index in [2.05, 4.69) is 34.2 Å². The van der Waals surface area contributed by atoms with Gasteiger partial charge in [0, 0.05) is 28.6 Å². The highest BCUT2D eigenvalue weighted by Crippen LogP contribution is 2.45. The minimum absolute atomic E-state index is 0.0889. The van der Waals surface area contributed by atoms with E-state index in [1.807, 2.05) is 13.0 Å². The van der Waals surface area contributed by atoms with Crippen molar-refractivity contribution in [3.8, 4) is 0 Å². The molecule has 5 nitrogen and oxygen atoms in total. The predicted octanol–water partition coefficient (Wildman–Crippen LogP) is 2.25. The maximum absolute atomic E-state index is 6.24. The summed E-state index contributed by atoms with van der Waals surface area (Å²) in [7, 11) is 0. The van der Waals surface area contributed by atoms with Crippen LogP contribution < -0.4 is 5.32 Å². The lowest BCUT2D eigenvalue weighted by Gasteiger charge is -2.49. The average Bonchev–Trinajstić information content (AvgIpc) is 2.76. The molecule has 0 amide bonds. The summed E-state index contributed by atoms with van der Waals surface area (Å²) in [6.45, 7) is 6.31. The predicted molar refractivity (Wildman–Crippen MR) is 71.0 cm³/mol. The van der Waals surface area contributed by atoms with E-state index in [0.717, 1.165) is 17.9 Å². The number of hydrogen-bond acceptors (Lipinski definition) is 4. The van der Waals surface area contributed by atoms with E-state index in [1.165, 1.54) is 6.33 Å². The third-order valence-electron chi connectivity index (χ3n) is 3.85. The zero-order chi connectivity index (χ0) is 12.9. The van der Waals surface area contributed by atoms with Gasteiger partial charge in [-0.25, -0.2) is 4.98 Å². The van der Waals surface area contributed by atoms with Crippen molar-refractivity contribution in [1.29, 1.82) is 0 Å². The van der Waals surface area contributed by atoms with Gasteiger partial charge in [-0.2, -0.15) is 14.6 Å². The van der Waals surface area contributed by atoms with Crippen molar-refractivity contribution in [2.45, 2.75) is 38.6 Å². The first-order valence-corrected chi connectivity index (χ1v) is 6.50. The molecule has 2 atom stereocenters. The highest BCUT2D eigenvalue weighted by Gasteiger charge is 2.47. The van der Waals surface area contributed by atoms with Gasteiger partial charge in [-0.05, 0) is 13.3 Å². The monoisotopic (exact) mass is 265 g/mol. The fourth-order valence-corrected chi connectivity index (χ4v) is 2.66. The molecule has 1 fully saturated rings. The van der Waals surface area contributed by atoms with E-state index in [4.69, 9.17) is 11.6 Å². The summed E-state index contributed by atoms with van der Waals surface area (Å²) in [5.41, 5.74) is 1.02. The molecule has 6 heteroatoms. The second kappa shape index (κ2) is 3.82. The lowest BCUT2D eigenvalue weighted by Crippen LogP contribution is -2.54. The molecule has 0 bridgehead atoms. The summed E-state index contributed by atoms with van der Waals surface area (Å²) >= 11 is 6.24. The lowest BCUT2D eigenvalue weighted by atomic mass is 9.67. The number of rotatable bonds is 2. The molecule has 0 aromatic carbocycles. The number of nitrogens with one attached hydrogen (secondary N) is 1. The molecule has 1 aliphatic rings. The van der Waals surface area contributed by atoms with Crippen LogP contribution in [0.1, 0.15) is 26.0 Å². The van der Waals surface area contributed by atoms with E-state index in [1.54, 1.807) is 4.52 Å². The molecule has 0 radical (unpaired) electrons. The zero-order valence-corrected chi connectivity index (χ0v) is 11.4. The summed E-state index contributed by atoms with van der Waals surface area (Å²) in [5.74, 6) is 1.55. The molecule has 0 aliphatic heterocycles. The van der Waals surface area contributed by atoms with E-state index in [9.17, 15) is 0 Å². The molecule has 2 heterocycles. The van der Waals surface area contributed by atoms with Crippen molar-refractivity contribution in [3.05, 3.63) is 18.1 Å². The highest BCUT2D eigenvalue weighted by molar-refractivity contribution is 6.21. The first-order valence-electron chi connectivity index (χ1n) is 6.06. The molecular formula is C12H16ClN5. The average molecular weight is 266 g/mol. The summed E-state index contributed by atoms with van der Waals surface area (Å²) in [6.07, 6.45) is 2.48. The largest absolute Gasteiger partial charge is 0.366 e. The molecule has 2 aromatic rings. The Labute approximate surface area is 111 Å². The fraction of sp³-hybridized carbons (Fsp3) is 0.583. The highest BCUT2D eigenvalue weighted by atomic mass is 35.5. The lowest BCUT2D eigenvalue weighted by molar-refractivity contribution is 0.168. The molecule has 18 heavy (non-hydrogen) atoms. The number of halogens is 1. The Morgan fingerprint density at radius 2 is 2.28 bits per heavy atom. The number of fused-ring (bicyclic) bond motifs is 1. The molecule has 3 rings (SSSR count). The van der Waals surface area contributed by atoms with Gasteiger partial charge < -0.3 is 5.32 Å². The number of aromatic nitrogens is 4. The normalized spacial score (nSPS) is 26.0. The van der Waals surface area contributed by atoms with Gasteiger partial charge in [0.2, 0.25) is 0 Å². The van der Waals surface area contributed by atoms with Crippen LogP contribution >= 0.6 is 11.6 Å². The van der Waals surface area contributed by atoms with Gasteiger partial charge in [0.1, 0.15) is 12.1 Å². The smallest absolute Gasteiger partial charge is 0.254 e. The second-order valence-electron chi connectivity index (χ2n) is 5.48. The van der Waals surface area contributed by atoms with Crippen LogP contribution in [-0.4, -0.2) is 31.0 Å². The molecule has 1 saturated carbocycles. The number of hydrogen-bond donors (Lipinski definition) is 1. The number of alkyl halides is 1. The molecule has 96 valence electrons. The molecule has 2 aromatic heterocycles. The second-order valence-corrected chi connectivity index (χ2v) is 6.00. The third-order valence-corrected chi connectivity index (χ3v) is 4.59. The van der Waals surface area contributed by atoms with Crippen molar-refractivity contribution >= 4 is 23.2 Å². The SMILES string of the molecule is Cc1cc(NC2CC(Cl)C2(C)C)n2ncnc2n1. The van der Waals surface area contributed by atoms with Crippen LogP contribution in [0.25, 0.3) is 5.78 Å². The Hall–Kier alpha value is -1.36. The van der Waals surface area contributed by atoms with Gasteiger partial charge in [0.05, 0.1) is 0 Å². The van der Waals surface area contributed by atoms with Gasteiger partial charge >= 0.3 is 0 Å². The number of anilines is 1. The Morgan fingerprint density at radius 1 is 1.50 bits per heavy atom. The third kappa shape index (κ3) is 1.65. The minimum atomic E-state index is 0.0889. The zero-order valence-electron chi connectivity index (χ0n) is 10.7. The first kappa shape index (κ1) is 11.7. The van der Waals surface area contributed by atoms with Crippen LogP contribution in [0.3, 0.4) is 0 Å². The van der Waals surface area contributed by atoms with Crippen LogP contribution in [0.5, 0.6) is 0 Å². The summed E-state index contributed by atoms with van der Waals surface area (Å²) in [6, 6.07) is 2.34. The molecule has 0 saturated heterocycles. The van der Waals surface area contributed by atoms with Crippen LogP contribution in [0.2, 0.25) is 0 Å². The maximum atomic E-state index is 6.24. The van der Waals surface area contributed by atoms with Crippen molar-refractivity contribution in [1.82, 2.24) is 19.6 Å². The Balaban J connectivity index is 1.93.